The Morgan fingerprint density at radius 2 is 2.09 bits per heavy atom. The summed E-state index contributed by atoms with van der Waals surface area (Å²) in [6.07, 6.45) is 1.25. The van der Waals surface area contributed by atoms with E-state index in [4.69, 9.17) is 23.1 Å². The maximum atomic E-state index is 15.9. The zero-order chi connectivity index (χ0) is 23.2. The third kappa shape index (κ3) is 3.38. The van der Waals surface area contributed by atoms with E-state index in [-0.39, 0.29) is 42.3 Å². The molecule has 6 nitrogen and oxygen atoms in total. The zero-order valence-corrected chi connectivity index (χ0v) is 18.5. The van der Waals surface area contributed by atoms with Crippen LogP contribution >= 0.6 is 22.9 Å². The molecule has 4 rings (SSSR count). The molecule has 0 aliphatic rings. The molecule has 2 aromatic heterocycles. The van der Waals surface area contributed by atoms with Crippen LogP contribution in [0.4, 0.5) is 19.6 Å². The van der Waals surface area contributed by atoms with Crippen molar-refractivity contribution in [1.29, 1.82) is 5.26 Å². The van der Waals surface area contributed by atoms with Crippen molar-refractivity contribution in [2.75, 3.05) is 23.7 Å². The fourth-order valence-electron chi connectivity index (χ4n) is 3.71. The Kier molecular flexibility index (Phi) is 5.59. The lowest BCUT2D eigenvalue weighted by atomic mass is 9.97. The van der Waals surface area contributed by atoms with E-state index in [1.165, 1.54) is 18.5 Å². The van der Waals surface area contributed by atoms with Gasteiger partial charge in [-0.3, -0.25) is 0 Å². The highest BCUT2D eigenvalue weighted by Crippen LogP contribution is 2.45. The highest BCUT2D eigenvalue weighted by Gasteiger charge is 2.24. The van der Waals surface area contributed by atoms with Crippen molar-refractivity contribution >= 4 is 54.7 Å². The number of hydrogen-bond acceptors (Lipinski definition) is 7. The van der Waals surface area contributed by atoms with E-state index in [1.54, 1.807) is 6.07 Å². The van der Waals surface area contributed by atoms with Crippen molar-refractivity contribution < 1.29 is 8.78 Å². The van der Waals surface area contributed by atoms with Crippen molar-refractivity contribution in [2.24, 2.45) is 5.73 Å². The zero-order valence-electron chi connectivity index (χ0n) is 16.9. The number of nitrogens with two attached hydrogens (primary N) is 2. The number of nitriles is 1. The molecular weight excluding hydrogens is 454 g/mol. The molecule has 0 amide bonds. The van der Waals surface area contributed by atoms with Crippen LogP contribution in [-0.2, 0) is 0 Å². The van der Waals surface area contributed by atoms with Gasteiger partial charge in [0.1, 0.15) is 34.5 Å². The predicted molar refractivity (Wildman–Crippen MR) is 126 cm³/mol. The van der Waals surface area contributed by atoms with Crippen LogP contribution in [0.5, 0.6) is 0 Å². The minimum absolute atomic E-state index is 0.00870. The summed E-state index contributed by atoms with van der Waals surface area (Å²) in [6, 6.07) is 6.13. The van der Waals surface area contributed by atoms with Crippen LogP contribution in [0.15, 0.2) is 36.8 Å². The molecule has 0 fully saturated rings. The SMILES string of the molecule is C=C(N)CN(CC)c1ncnc2c(F)c(-c3ccc(F)c4sc(N)c(C#N)c34)c(Cl)cc12. The van der Waals surface area contributed by atoms with Gasteiger partial charge in [-0.25, -0.2) is 18.7 Å². The molecule has 4 aromatic rings. The highest BCUT2D eigenvalue weighted by atomic mass is 35.5. The van der Waals surface area contributed by atoms with Crippen LogP contribution in [-0.4, -0.2) is 23.1 Å². The fourth-order valence-corrected chi connectivity index (χ4v) is 4.95. The molecule has 2 aromatic carbocycles. The van der Waals surface area contributed by atoms with Crippen LogP contribution in [0.3, 0.4) is 0 Å². The topological polar surface area (TPSA) is 105 Å². The summed E-state index contributed by atoms with van der Waals surface area (Å²) in [5.41, 5.74) is 12.5. The molecule has 2 heterocycles. The monoisotopic (exact) mass is 470 g/mol. The van der Waals surface area contributed by atoms with Crippen molar-refractivity contribution in [1.82, 2.24) is 9.97 Å². The van der Waals surface area contributed by atoms with Gasteiger partial charge < -0.3 is 16.4 Å². The van der Waals surface area contributed by atoms with E-state index in [9.17, 15) is 9.65 Å². The number of rotatable bonds is 5. The maximum absolute atomic E-state index is 15.9. The average Bonchev–Trinajstić information content (AvgIpc) is 3.10. The van der Waals surface area contributed by atoms with E-state index in [0.717, 1.165) is 11.3 Å². The molecule has 4 N–H and O–H groups in total. The van der Waals surface area contributed by atoms with Gasteiger partial charge in [0, 0.05) is 28.6 Å². The Balaban J connectivity index is 2.04. The van der Waals surface area contributed by atoms with Gasteiger partial charge >= 0.3 is 0 Å². The molecular formula is C22H17ClF2N6S. The number of nitrogens with zero attached hydrogens (tertiary/aromatic N) is 4. The normalized spacial score (nSPS) is 11.1. The van der Waals surface area contributed by atoms with Crippen molar-refractivity contribution in [2.45, 2.75) is 6.92 Å². The fraction of sp³-hybridized carbons (Fsp3) is 0.136. The molecule has 162 valence electrons. The first-order valence-electron chi connectivity index (χ1n) is 9.50. The molecule has 10 heteroatoms. The van der Waals surface area contributed by atoms with Gasteiger partial charge in [0.25, 0.3) is 0 Å². The summed E-state index contributed by atoms with van der Waals surface area (Å²) < 4.78 is 30.4. The average molecular weight is 471 g/mol. The Labute approximate surface area is 191 Å². The maximum Gasteiger partial charge on any atom is 0.158 e. The smallest absolute Gasteiger partial charge is 0.158 e. The minimum Gasteiger partial charge on any atom is -0.401 e. The summed E-state index contributed by atoms with van der Waals surface area (Å²) in [5, 5.41) is 10.4. The van der Waals surface area contributed by atoms with Crippen LogP contribution in [0.2, 0.25) is 5.02 Å². The molecule has 0 unspecified atom stereocenters. The third-order valence-corrected chi connectivity index (χ3v) is 6.40. The highest BCUT2D eigenvalue weighted by molar-refractivity contribution is 7.23. The Morgan fingerprint density at radius 1 is 1.34 bits per heavy atom. The lowest BCUT2D eigenvalue weighted by Crippen LogP contribution is -2.28. The second-order valence-electron chi connectivity index (χ2n) is 7.07. The van der Waals surface area contributed by atoms with Crippen molar-refractivity contribution in [3.8, 4) is 17.2 Å². The molecule has 0 bridgehead atoms. The second-order valence-corrected chi connectivity index (χ2v) is 8.52. The molecule has 0 aliphatic heterocycles. The van der Waals surface area contributed by atoms with Gasteiger partial charge in [-0.1, -0.05) is 24.2 Å². The number of fused-ring (bicyclic) bond motifs is 2. The quantitative estimate of drug-likeness (QED) is 0.415. The van der Waals surface area contributed by atoms with Gasteiger partial charge in [0.05, 0.1) is 21.8 Å². The Bertz CT molecular complexity index is 1440. The Morgan fingerprint density at radius 3 is 2.75 bits per heavy atom. The molecule has 0 saturated heterocycles. The molecule has 0 atom stereocenters. The van der Waals surface area contributed by atoms with Gasteiger partial charge in [0.2, 0.25) is 0 Å². The van der Waals surface area contributed by atoms with Crippen molar-refractivity contribution in [3.63, 3.8) is 0 Å². The summed E-state index contributed by atoms with van der Waals surface area (Å²) in [7, 11) is 0. The number of likely N-dealkylation sites (N-methyl/N-ethyl adjacent to an activating group) is 1. The van der Waals surface area contributed by atoms with E-state index >= 15 is 4.39 Å². The molecule has 0 radical (unpaired) electrons. The van der Waals surface area contributed by atoms with Gasteiger partial charge in [-0.2, -0.15) is 5.26 Å². The molecule has 0 saturated carbocycles. The first-order valence-corrected chi connectivity index (χ1v) is 10.7. The number of halogens is 3. The van der Waals surface area contributed by atoms with Crippen LogP contribution in [0.25, 0.3) is 32.1 Å². The van der Waals surface area contributed by atoms with E-state index in [2.05, 4.69) is 16.5 Å². The standard InChI is InChI=1S/C22H17ClF2N6S/c1-3-31(8-10(2)27)22-12-6-14(23)17(18(25)19(12)29-9-30-22)11-4-5-15(24)20-16(11)13(7-26)21(28)32-20/h4-6,9H,2-3,8,27-28H2,1H3. The lowest BCUT2D eigenvalue weighted by Gasteiger charge is -2.23. The van der Waals surface area contributed by atoms with E-state index in [0.29, 0.717) is 30.0 Å². The summed E-state index contributed by atoms with van der Waals surface area (Å²) in [5.74, 6) is -0.803. The summed E-state index contributed by atoms with van der Waals surface area (Å²) >= 11 is 7.48. The Hall–Kier alpha value is -3.48. The molecule has 0 aliphatic carbocycles. The van der Waals surface area contributed by atoms with E-state index in [1.807, 2.05) is 17.9 Å². The first-order chi connectivity index (χ1) is 15.3. The number of thiophene rings is 1. The first kappa shape index (κ1) is 21.7. The minimum atomic E-state index is -0.708. The summed E-state index contributed by atoms with van der Waals surface area (Å²) in [4.78, 5) is 10.2. The molecule has 0 spiro atoms. The van der Waals surface area contributed by atoms with Gasteiger partial charge in [-0.15, -0.1) is 11.3 Å². The van der Waals surface area contributed by atoms with Gasteiger partial charge in [-0.05, 0) is 24.6 Å². The van der Waals surface area contributed by atoms with Gasteiger partial charge in [0.15, 0.2) is 5.82 Å². The summed E-state index contributed by atoms with van der Waals surface area (Å²) in [6.45, 7) is 6.49. The van der Waals surface area contributed by atoms with Crippen LogP contribution in [0, 0.1) is 23.0 Å². The van der Waals surface area contributed by atoms with E-state index < -0.39 is 11.6 Å². The lowest BCUT2D eigenvalue weighted by molar-refractivity contribution is 0.638. The number of hydrogen-bond donors (Lipinski definition) is 2. The number of nitrogen functional groups attached to an aromatic ring is 1. The largest absolute Gasteiger partial charge is 0.401 e. The van der Waals surface area contributed by atoms with Crippen LogP contribution in [0.1, 0.15) is 12.5 Å². The van der Waals surface area contributed by atoms with Crippen molar-refractivity contribution in [3.05, 3.63) is 59.0 Å². The third-order valence-electron chi connectivity index (χ3n) is 5.07. The number of anilines is 2. The molecule has 32 heavy (non-hydrogen) atoms. The predicted octanol–water partition coefficient (Wildman–Crippen LogP) is 5.20. The number of aromatic nitrogens is 2. The van der Waals surface area contributed by atoms with Crippen LogP contribution < -0.4 is 16.4 Å². The second kappa shape index (κ2) is 8.22. The number of benzene rings is 2.